The van der Waals surface area contributed by atoms with Crippen LogP contribution in [0.5, 0.6) is 0 Å². The van der Waals surface area contributed by atoms with Gasteiger partial charge in [-0.2, -0.15) is 0 Å². The van der Waals surface area contributed by atoms with E-state index in [4.69, 9.17) is 4.74 Å². The summed E-state index contributed by atoms with van der Waals surface area (Å²) in [6.45, 7) is 7.00. The van der Waals surface area contributed by atoms with E-state index in [9.17, 15) is 4.79 Å². The van der Waals surface area contributed by atoms with Crippen LogP contribution in [0.25, 0.3) is 0 Å². The molecule has 0 unspecified atom stereocenters. The first-order chi connectivity index (χ1) is 12.4. The molecule has 1 aromatic carbocycles. The average Bonchev–Trinajstić information content (AvgIpc) is 2.63. The van der Waals surface area contributed by atoms with Crippen molar-refractivity contribution in [1.82, 2.24) is 14.9 Å². The highest BCUT2D eigenvalue weighted by Gasteiger charge is 2.31. The summed E-state index contributed by atoms with van der Waals surface area (Å²) in [5, 5.41) is 0. The number of hydrogen-bond acceptors (Lipinski definition) is 5. The first-order valence-corrected chi connectivity index (χ1v) is 9.03. The van der Waals surface area contributed by atoms with Crippen molar-refractivity contribution in [2.24, 2.45) is 0 Å². The van der Waals surface area contributed by atoms with Crippen LogP contribution in [0.15, 0.2) is 48.8 Å². The Balaban J connectivity index is 1.73. The van der Waals surface area contributed by atoms with E-state index in [1.807, 2.05) is 45.0 Å². The third-order valence-corrected chi connectivity index (χ3v) is 4.28. The maximum Gasteiger partial charge on any atom is 0.410 e. The summed E-state index contributed by atoms with van der Waals surface area (Å²) < 4.78 is 5.49. The molecule has 1 saturated heterocycles. The molecule has 0 N–H and O–H groups in total. The van der Waals surface area contributed by atoms with E-state index < -0.39 is 5.60 Å². The molecule has 6 nitrogen and oxygen atoms in total. The summed E-state index contributed by atoms with van der Waals surface area (Å²) in [4.78, 5) is 25.1. The second kappa shape index (κ2) is 7.72. The number of aromatic nitrogens is 2. The second-order valence-electron chi connectivity index (χ2n) is 7.45. The molecule has 1 fully saturated rings. The van der Waals surface area contributed by atoms with Gasteiger partial charge in [-0.05, 0) is 51.8 Å². The summed E-state index contributed by atoms with van der Waals surface area (Å²) in [7, 11) is 0. The van der Waals surface area contributed by atoms with Crippen molar-refractivity contribution in [1.29, 1.82) is 0 Å². The molecule has 1 amide bonds. The van der Waals surface area contributed by atoms with Gasteiger partial charge in [-0.25, -0.2) is 14.8 Å². The molecule has 2 aromatic rings. The van der Waals surface area contributed by atoms with Gasteiger partial charge in [0, 0.05) is 37.2 Å². The Labute approximate surface area is 154 Å². The van der Waals surface area contributed by atoms with Gasteiger partial charge in [0.1, 0.15) is 5.60 Å². The minimum absolute atomic E-state index is 0.235. The van der Waals surface area contributed by atoms with Crippen LogP contribution in [0, 0.1) is 0 Å². The van der Waals surface area contributed by atoms with Gasteiger partial charge in [0.15, 0.2) is 0 Å². The fourth-order valence-electron chi connectivity index (χ4n) is 3.13. The van der Waals surface area contributed by atoms with Crippen LogP contribution in [0.2, 0.25) is 0 Å². The molecule has 0 bridgehead atoms. The second-order valence-corrected chi connectivity index (χ2v) is 7.45. The lowest BCUT2D eigenvalue weighted by Gasteiger charge is -2.38. The summed E-state index contributed by atoms with van der Waals surface area (Å²) in [5.41, 5.74) is 0.594. The van der Waals surface area contributed by atoms with Crippen molar-refractivity contribution in [3.63, 3.8) is 0 Å². The highest BCUT2D eigenvalue weighted by molar-refractivity contribution is 5.68. The number of nitrogens with zero attached hydrogens (tertiary/aromatic N) is 4. The van der Waals surface area contributed by atoms with Crippen LogP contribution >= 0.6 is 0 Å². The smallest absolute Gasteiger partial charge is 0.410 e. The Morgan fingerprint density at radius 2 is 1.69 bits per heavy atom. The zero-order valence-electron chi connectivity index (χ0n) is 15.6. The lowest BCUT2D eigenvalue weighted by Crippen LogP contribution is -2.47. The lowest BCUT2D eigenvalue weighted by molar-refractivity contribution is 0.0206. The molecule has 0 spiro atoms. The molecule has 6 heteroatoms. The van der Waals surface area contributed by atoms with Gasteiger partial charge in [-0.1, -0.05) is 18.2 Å². The molecule has 0 atom stereocenters. The first kappa shape index (κ1) is 18.2. The topological polar surface area (TPSA) is 58.6 Å². The minimum Gasteiger partial charge on any atom is -0.444 e. The van der Waals surface area contributed by atoms with Gasteiger partial charge in [-0.15, -0.1) is 0 Å². The van der Waals surface area contributed by atoms with E-state index in [0.717, 1.165) is 18.5 Å². The Kier molecular flexibility index (Phi) is 5.40. The number of hydrogen-bond donors (Lipinski definition) is 0. The SMILES string of the molecule is CC(C)(C)OC(=O)N1CCC(N(c2ccccc2)c2ncccn2)CC1. The van der Waals surface area contributed by atoms with E-state index in [1.54, 1.807) is 17.3 Å². The average molecular weight is 354 g/mol. The largest absolute Gasteiger partial charge is 0.444 e. The normalized spacial score (nSPS) is 15.6. The number of carbonyl (C=O) groups excluding carboxylic acids is 1. The molecule has 1 aliphatic heterocycles. The predicted octanol–water partition coefficient (Wildman–Crippen LogP) is 4.01. The van der Waals surface area contributed by atoms with Gasteiger partial charge in [0.2, 0.25) is 5.95 Å². The van der Waals surface area contributed by atoms with Crippen molar-refractivity contribution in [3.05, 3.63) is 48.8 Å². The van der Waals surface area contributed by atoms with Crippen molar-refractivity contribution < 1.29 is 9.53 Å². The number of anilines is 2. The maximum absolute atomic E-state index is 12.3. The van der Waals surface area contributed by atoms with Gasteiger partial charge < -0.3 is 14.5 Å². The minimum atomic E-state index is -0.470. The molecule has 2 heterocycles. The third-order valence-electron chi connectivity index (χ3n) is 4.28. The Morgan fingerprint density at radius 3 is 2.27 bits per heavy atom. The van der Waals surface area contributed by atoms with Crippen LogP contribution in [0.1, 0.15) is 33.6 Å². The molecule has 0 radical (unpaired) electrons. The van der Waals surface area contributed by atoms with Crippen LogP contribution < -0.4 is 4.90 Å². The van der Waals surface area contributed by atoms with Gasteiger partial charge in [0.05, 0.1) is 0 Å². The molecule has 1 aromatic heterocycles. The molecule has 3 rings (SSSR count). The van der Waals surface area contributed by atoms with Crippen molar-refractivity contribution in [2.45, 2.75) is 45.3 Å². The third kappa shape index (κ3) is 4.50. The lowest BCUT2D eigenvalue weighted by atomic mass is 10.0. The molecular weight excluding hydrogens is 328 g/mol. The maximum atomic E-state index is 12.3. The van der Waals surface area contributed by atoms with E-state index >= 15 is 0 Å². The standard InChI is InChI=1S/C20H26N4O2/c1-20(2,3)26-19(25)23-14-10-17(11-15-23)24(16-8-5-4-6-9-16)18-21-12-7-13-22-18/h4-9,12-13,17H,10-11,14-15H2,1-3H3. The summed E-state index contributed by atoms with van der Waals surface area (Å²) in [5.74, 6) is 0.689. The summed E-state index contributed by atoms with van der Waals surface area (Å²) >= 11 is 0. The van der Waals surface area contributed by atoms with Crippen molar-refractivity contribution in [2.75, 3.05) is 18.0 Å². The molecule has 26 heavy (non-hydrogen) atoms. The highest BCUT2D eigenvalue weighted by Crippen LogP contribution is 2.29. The van der Waals surface area contributed by atoms with Crippen molar-refractivity contribution >= 4 is 17.7 Å². The monoisotopic (exact) mass is 354 g/mol. The van der Waals surface area contributed by atoms with E-state index in [2.05, 4.69) is 27.0 Å². The van der Waals surface area contributed by atoms with Gasteiger partial charge >= 0.3 is 6.09 Å². The molecular formula is C20H26N4O2. The Hall–Kier alpha value is -2.63. The zero-order chi connectivity index (χ0) is 18.6. The van der Waals surface area contributed by atoms with E-state index in [0.29, 0.717) is 19.0 Å². The molecule has 0 aliphatic carbocycles. The number of rotatable bonds is 3. The first-order valence-electron chi connectivity index (χ1n) is 9.03. The van der Waals surface area contributed by atoms with Crippen LogP contribution in [-0.4, -0.2) is 45.7 Å². The summed E-state index contributed by atoms with van der Waals surface area (Å²) in [6, 6.07) is 12.2. The number of carbonyl (C=O) groups is 1. The van der Waals surface area contributed by atoms with Crippen LogP contribution in [0.4, 0.5) is 16.4 Å². The highest BCUT2D eigenvalue weighted by atomic mass is 16.6. The zero-order valence-corrected chi connectivity index (χ0v) is 15.6. The molecule has 138 valence electrons. The van der Waals surface area contributed by atoms with Gasteiger partial charge in [-0.3, -0.25) is 0 Å². The number of likely N-dealkylation sites (tertiary alicyclic amines) is 1. The van der Waals surface area contributed by atoms with E-state index in [1.165, 1.54) is 0 Å². The number of benzene rings is 1. The number of para-hydroxylation sites is 1. The Bertz CT molecular complexity index is 668. The van der Waals surface area contributed by atoms with Gasteiger partial charge in [0.25, 0.3) is 0 Å². The van der Waals surface area contributed by atoms with Crippen LogP contribution in [0.3, 0.4) is 0 Å². The van der Waals surface area contributed by atoms with Crippen molar-refractivity contribution in [3.8, 4) is 0 Å². The Morgan fingerprint density at radius 1 is 1.08 bits per heavy atom. The summed E-state index contributed by atoms with van der Waals surface area (Å²) in [6.07, 6.45) is 4.96. The fourth-order valence-corrected chi connectivity index (χ4v) is 3.13. The predicted molar refractivity (Wildman–Crippen MR) is 101 cm³/mol. The number of ether oxygens (including phenoxy) is 1. The number of amides is 1. The van der Waals surface area contributed by atoms with Crippen LogP contribution in [-0.2, 0) is 4.74 Å². The quantitative estimate of drug-likeness (QED) is 0.833. The fraction of sp³-hybridized carbons (Fsp3) is 0.450. The number of piperidine rings is 1. The molecule has 1 aliphatic rings. The molecule has 0 saturated carbocycles. The van der Waals surface area contributed by atoms with E-state index in [-0.39, 0.29) is 12.1 Å².